The van der Waals surface area contributed by atoms with Crippen LogP contribution in [-0.4, -0.2) is 12.7 Å². The molecule has 1 aromatic carbocycles. The molecule has 3 rings (SSSR count). The number of hydrogen-bond acceptors (Lipinski definition) is 3. The highest BCUT2D eigenvalue weighted by Crippen LogP contribution is 2.42. The molecule has 1 saturated carbocycles. The summed E-state index contributed by atoms with van der Waals surface area (Å²) in [4.78, 5) is 0. The van der Waals surface area contributed by atoms with E-state index in [0.29, 0.717) is 11.7 Å². The Balaban J connectivity index is 1.95. The summed E-state index contributed by atoms with van der Waals surface area (Å²) in [7, 11) is 1.71. The lowest BCUT2D eigenvalue weighted by Gasteiger charge is -2.41. The molecule has 21 heavy (non-hydrogen) atoms. The normalized spacial score (nSPS) is 27.9. The Bertz CT molecular complexity index is 629. The summed E-state index contributed by atoms with van der Waals surface area (Å²) in [5, 5.41) is 0.746. The topological polar surface area (TPSA) is 48.4 Å². The fourth-order valence-electron chi connectivity index (χ4n) is 3.35. The minimum atomic E-state index is -0.406. The Morgan fingerprint density at radius 2 is 2.10 bits per heavy atom. The molecule has 4 heteroatoms. The highest BCUT2D eigenvalue weighted by atomic mass is 19.1. The monoisotopic (exact) mass is 291 g/mol. The summed E-state index contributed by atoms with van der Waals surface area (Å²) in [6.07, 6.45) is 4.00. The molecule has 0 aliphatic heterocycles. The third-order valence-electron chi connectivity index (χ3n) is 4.92. The van der Waals surface area contributed by atoms with Gasteiger partial charge in [0.15, 0.2) is 11.4 Å². The zero-order chi connectivity index (χ0) is 15.0. The van der Waals surface area contributed by atoms with Crippen LogP contribution in [0.4, 0.5) is 4.39 Å². The molecule has 1 aliphatic rings. The van der Waals surface area contributed by atoms with E-state index in [4.69, 9.17) is 14.9 Å². The predicted molar refractivity (Wildman–Crippen MR) is 80.5 cm³/mol. The van der Waals surface area contributed by atoms with Crippen molar-refractivity contribution in [3.63, 3.8) is 0 Å². The van der Waals surface area contributed by atoms with Gasteiger partial charge in [-0.15, -0.1) is 0 Å². The number of fused-ring (bicyclic) bond motifs is 1. The van der Waals surface area contributed by atoms with E-state index in [1.165, 1.54) is 6.07 Å². The number of rotatable bonds is 3. The fraction of sp³-hybridized carbons (Fsp3) is 0.529. The maximum atomic E-state index is 13.8. The van der Waals surface area contributed by atoms with Gasteiger partial charge in [0, 0.05) is 12.5 Å². The van der Waals surface area contributed by atoms with Gasteiger partial charge in [-0.1, -0.05) is 19.1 Å². The molecule has 3 nitrogen and oxygen atoms in total. The smallest absolute Gasteiger partial charge is 0.169 e. The Morgan fingerprint density at radius 3 is 2.71 bits per heavy atom. The lowest BCUT2D eigenvalue weighted by atomic mass is 9.75. The first-order valence-corrected chi connectivity index (χ1v) is 7.54. The molecular weight excluding hydrogens is 269 g/mol. The fourth-order valence-corrected chi connectivity index (χ4v) is 3.35. The van der Waals surface area contributed by atoms with E-state index in [1.54, 1.807) is 13.2 Å². The van der Waals surface area contributed by atoms with Crippen molar-refractivity contribution < 1.29 is 13.5 Å². The molecule has 114 valence electrons. The molecule has 2 N–H and O–H groups in total. The van der Waals surface area contributed by atoms with Crippen LogP contribution < -0.4 is 5.73 Å². The number of methoxy groups -OCH3 is 1. The Kier molecular flexibility index (Phi) is 3.76. The highest BCUT2D eigenvalue weighted by molar-refractivity contribution is 5.78. The maximum absolute atomic E-state index is 13.8. The van der Waals surface area contributed by atoms with E-state index >= 15 is 0 Å². The van der Waals surface area contributed by atoms with Crippen LogP contribution in [0, 0.1) is 11.7 Å². The highest BCUT2D eigenvalue weighted by Gasteiger charge is 2.42. The van der Waals surface area contributed by atoms with E-state index in [2.05, 4.69) is 6.92 Å². The predicted octanol–water partition coefficient (Wildman–Crippen LogP) is 4.17. The summed E-state index contributed by atoms with van der Waals surface area (Å²) in [6.45, 7) is 2.25. The second kappa shape index (κ2) is 5.43. The summed E-state index contributed by atoms with van der Waals surface area (Å²) >= 11 is 0. The molecule has 1 aromatic heterocycles. The van der Waals surface area contributed by atoms with Crippen molar-refractivity contribution in [1.29, 1.82) is 0 Å². The lowest BCUT2D eigenvalue weighted by Crippen LogP contribution is -2.45. The third-order valence-corrected chi connectivity index (χ3v) is 4.92. The van der Waals surface area contributed by atoms with Crippen molar-refractivity contribution >= 4 is 11.0 Å². The summed E-state index contributed by atoms with van der Waals surface area (Å²) in [6, 6.07) is 6.37. The molecule has 0 spiro atoms. The van der Waals surface area contributed by atoms with Gasteiger partial charge in [-0.05, 0) is 43.7 Å². The minimum Gasteiger partial charge on any atom is -0.456 e. The second-order valence-corrected chi connectivity index (χ2v) is 6.24. The van der Waals surface area contributed by atoms with Crippen LogP contribution in [0.3, 0.4) is 0 Å². The number of ether oxygens (including phenoxy) is 1. The first-order chi connectivity index (χ1) is 10.1. The van der Waals surface area contributed by atoms with Gasteiger partial charge in [0.25, 0.3) is 0 Å². The van der Waals surface area contributed by atoms with Crippen LogP contribution in [0.25, 0.3) is 11.0 Å². The van der Waals surface area contributed by atoms with Crippen molar-refractivity contribution in [3.8, 4) is 0 Å². The number of benzene rings is 1. The van der Waals surface area contributed by atoms with E-state index in [9.17, 15) is 4.39 Å². The van der Waals surface area contributed by atoms with Crippen LogP contribution >= 0.6 is 0 Å². The van der Waals surface area contributed by atoms with Crippen molar-refractivity contribution in [3.05, 3.63) is 35.8 Å². The molecule has 0 radical (unpaired) electrons. The Morgan fingerprint density at radius 1 is 1.38 bits per heavy atom. The van der Waals surface area contributed by atoms with Crippen molar-refractivity contribution in [2.24, 2.45) is 11.7 Å². The Labute approximate surface area is 124 Å². The van der Waals surface area contributed by atoms with Gasteiger partial charge < -0.3 is 14.9 Å². The molecule has 0 bridgehead atoms. The standard InChI is InChI=1S/C17H22FNO2/c1-11-6-8-17(20-2,9-7-11)16(19)14-10-12-4-3-5-13(18)15(12)21-14/h3-5,10-11,16H,6-9,19H2,1-2H3. The van der Waals surface area contributed by atoms with Crippen LogP contribution in [0.2, 0.25) is 0 Å². The first-order valence-electron chi connectivity index (χ1n) is 7.54. The molecule has 0 amide bonds. The lowest BCUT2D eigenvalue weighted by molar-refractivity contribution is -0.0709. The molecule has 1 unspecified atom stereocenters. The average molecular weight is 291 g/mol. The van der Waals surface area contributed by atoms with Gasteiger partial charge in [0.2, 0.25) is 0 Å². The third kappa shape index (κ3) is 2.47. The van der Waals surface area contributed by atoms with Crippen LogP contribution in [0.15, 0.2) is 28.7 Å². The minimum absolute atomic E-state index is 0.276. The van der Waals surface area contributed by atoms with Gasteiger partial charge in [0.1, 0.15) is 5.76 Å². The van der Waals surface area contributed by atoms with Crippen molar-refractivity contribution in [2.45, 2.75) is 44.2 Å². The van der Waals surface area contributed by atoms with E-state index in [-0.39, 0.29) is 17.4 Å². The van der Waals surface area contributed by atoms with Crippen LogP contribution in [-0.2, 0) is 4.74 Å². The quantitative estimate of drug-likeness (QED) is 0.923. The summed E-state index contributed by atoms with van der Waals surface area (Å²) in [5.74, 6) is 0.953. The van der Waals surface area contributed by atoms with E-state index in [0.717, 1.165) is 31.1 Å². The van der Waals surface area contributed by atoms with Gasteiger partial charge in [-0.3, -0.25) is 0 Å². The van der Waals surface area contributed by atoms with Crippen LogP contribution in [0.1, 0.15) is 44.4 Å². The number of hydrogen-bond donors (Lipinski definition) is 1. The molecule has 0 saturated heterocycles. The second-order valence-electron chi connectivity index (χ2n) is 6.24. The van der Waals surface area contributed by atoms with Crippen molar-refractivity contribution in [1.82, 2.24) is 0 Å². The molecule has 1 fully saturated rings. The number of furan rings is 1. The molecule has 2 aromatic rings. The number of halogens is 1. The first kappa shape index (κ1) is 14.5. The summed E-state index contributed by atoms with van der Waals surface area (Å²) < 4.78 is 25.2. The van der Waals surface area contributed by atoms with Gasteiger partial charge in [-0.2, -0.15) is 0 Å². The molecular formula is C17H22FNO2. The summed E-state index contributed by atoms with van der Waals surface area (Å²) in [5.41, 5.74) is 6.30. The van der Waals surface area contributed by atoms with Gasteiger partial charge in [-0.25, -0.2) is 4.39 Å². The van der Waals surface area contributed by atoms with Crippen LogP contribution in [0.5, 0.6) is 0 Å². The number of nitrogens with two attached hydrogens (primary N) is 1. The molecule has 1 heterocycles. The molecule has 1 aliphatic carbocycles. The van der Waals surface area contributed by atoms with Crippen molar-refractivity contribution in [2.75, 3.05) is 7.11 Å². The van der Waals surface area contributed by atoms with Gasteiger partial charge >= 0.3 is 0 Å². The largest absolute Gasteiger partial charge is 0.456 e. The molecule has 1 atom stereocenters. The number of para-hydroxylation sites is 1. The maximum Gasteiger partial charge on any atom is 0.169 e. The van der Waals surface area contributed by atoms with E-state index in [1.807, 2.05) is 12.1 Å². The van der Waals surface area contributed by atoms with Gasteiger partial charge in [0.05, 0.1) is 11.6 Å². The Hall–Kier alpha value is -1.39. The zero-order valence-electron chi connectivity index (χ0n) is 12.6. The average Bonchev–Trinajstić information content (AvgIpc) is 2.93. The van der Waals surface area contributed by atoms with E-state index < -0.39 is 5.60 Å². The SMILES string of the molecule is COC1(C(N)c2cc3cccc(F)c3o2)CCC(C)CC1. The zero-order valence-corrected chi connectivity index (χ0v) is 12.6.